The van der Waals surface area contributed by atoms with Crippen LogP contribution in [0.3, 0.4) is 0 Å². The van der Waals surface area contributed by atoms with Gasteiger partial charge < -0.3 is 40.5 Å². The van der Waals surface area contributed by atoms with Crippen LogP contribution in [0.15, 0.2) is 43.0 Å². The molecule has 1 amide bonds. The molecule has 16 nitrogen and oxygen atoms in total. The van der Waals surface area contributed by atoms with Crippen LogP contribution in [0.25, 0.3) is 17.1 Å². The predicted molar refractivity (Wildman–Crippen MR) is 143 cm³/mol. The van der Waals surface area contributed by atoms with Gasteiger partial charge >= 0.3 is 5.97 Å². The molecule has 0 radical (unpaired) electrons. The van der Waals surface area contributed by atoms with Crippen molar-refractivity contribution in [3.05, 3.63) is 59.7 Å². The third kappa shape index (κ3) is 5.28. The van der Waals surface area contributed by atoms with Crippen LogP contribution in [0.5, 0.6) is 0 Å². The normalized spacial score (nSPS) is 23.8. The SMILES string of the molecule is O=C(O)c1ccc(CNC(=O)c2cnn(-c3nc(N[C@@H]4CCOC4)c4ncn([C@@H]5O[C@H](CO)[C@@H](O)[C@H]5O)c4n3)c2)cc1. The van der Waals surface area contributed by atoms with Crippen molar-refractivity contribution < 1.29 is 39.5 Å². The molecule has 0 aliphatic carbocycles. The number of rotatable bonds is 9. The molecule has 220 valence electrons. The Hall–Kier alpha value is -4.48. The highest BCUT2D eigenvalue weighted by molar-refractivity contribution is 5.93. The van der Waals surface area contributed by atoms with Crippen LogP contribution in [0.4, 0.5) is 5.82 Å². The molecule has 16 heteroatoms. The van der Waals surface area contributed by atoms with E-state index in [1.54, 1.807) is 12.1 Å². The molecule has 0 unspecified atom stereocenters. The summed E-state index contributed by atoms with van der Waals surface area (Å²) in [4.78, 5) is 37.5. The Morgan fingerprint density at radius 1 is 1.10 bits per heavy atom. The number of ether oxygens (including phenoxy) is 2. The molecule has 1 aromatic carbocycles. The van der Waals surface area contributed by atoms with Crippen molar-refractivity contribution in [2.75, 3.05) is 25.1 Å². The third-order valence-electron chi connectivity index (χ3n) is 7.18. The molecule has 0 bridgehead atoms. The van der Waals surface area contributed by atoms with Gasteiger partial charge in [-0.2, -0.15) is 15.1 Å². The summed E-state index contributed by atoms with van der Waals surface area (Å²) < 4.78 is 13.9. The number of nitrogens with one attached hydrogen (secondary N) is 2. The Labute approximate surface area is 237 Å². The van der Waals surface area contributed by atoms with Gasteiger partial charge in [-0.05, 0) is 24.1 Å². The zero-order chi connectivity index (χ0) is 29.4. The van der Waals surface area contributed by atoms with Gasteiger partial charge in [-0.15, -0.1) is 0 Å². The van der Waals surface area contributed by atoms with Crippen LogP contribution in [0.1, 0.15) is 38.9 Å². The zero-order valence-corrected chi connectivity index (χ0v) is 22.1. The lowest BCUT2D eigenvalue weighted by Gasteiger charge is -2.17. The summed E-state index contributed by atoms with van der Waals surface area (Å²) in [6, 6.07) is 6.14. The number of carbonyl (C=O) groups is 2. The summed E-state index contributed by atoms with van der Waals surface area (Å²) in [7, 11) is 0. The highest BCUT2D eigenvalue weighted by atomic mass is 16.6. The van der Waals surface area contributed by atoms with Gasteiger partial charge in [0.1, 0.15) is 18.3 Å². The van der Waals surface area contributed by atoms with E-state index in [1.807, 2.05) is 0 Å². The van der Waals surface area contributed by atoms with Crippen molar-refractivity contribution in [1.82, 2.24) is 34.6 Å². The fourth-order valence-corrected chi connectivity index (χ4v) is 4.84. The fourth-order valence-electron chi connectivity index (χ4n) is 4.84. The van der Waals surface area contributed by atoms with Gasteiger partial charge in [-0.1, -0.05) is 12.1 Å². The number of nitrogens with zero attached hydrogens (tertiary/aromatic N) is 6. The van der Waals surface area contributed by atoms with Crippen LogP contribution in [-0.2, 0) is 16.0 Å². The first-order chi connectivity index (χ1) is 20.3. The smallest absolute Gasteiger partial charge is 0.335 e. The molecular formula is C26H28N8O8. The number of carbonyl (C=O) groups excluding carboxylic acids is 1. The quantitative estimate of drug-likeness (QED) is 0.147. The summed E-state index contributed by atoms with van der Waals surface area (Å²) >= 11 is 0. The van der Waals surface area contributed by atoms with E-state index in [0.29, 0.717) is 24.5 Å². The molecule has 2 fully saturated rings. The van der Waals surface area contributed by atoms with E-state index in [4.69, 9.17) is 14.6 Å². The maximum absolute atomic E-state index is 12.8. The van der Waals surface area contributed by atoms with Gasteiger partial charge in [-0.25, -0.2) is 14.5 Å². The largest absolute Gasteiger partial charge is 0.478 e. The summed E-state index contributed by atoms with van der Waals surface area (Å²) in [5, 5.41) is 49.8. The van der Waals surface area contributed by atoms with Gasteiger partial charge in [0.25, 0.3) is 11.9 Å². The van der Waals surface area contributed by atoms with Crippen molar-refractivity contribution in [3.8, 4) is 5.95 Å². The number of hydrogen-bond acceptors (Lipinski definition) is 12. The fraction of sp³-hybridized carbons (Fsp3) is 0.385. The third-order valence-corrected chi connectivity index (χ3v) is 7.18. The molecule has 4 aromatic rings. The predicted octanol–water partition coefficient (Wildman–Crippen LogP) is -0.547. The Morgan fingerprint density at radius 2 is 1.90 bits per heavy atom. The van der Waals surface area contributed by atoms with E-state index < -0.39 is 43.0 Å². The number of benzene rings is 1. The molecule has 2 saturated heterocycles. The number of anilines is 1. The van der Waals surface area contributed by atoms with E-state index in [-0.39, 0.29) is 35.3 Å². The van der Waals surface area contributed by atoms with Gasteiger partial charge in [0.2, 0.25) is 0 Å². The molecule has 42 heavy (non-hydrogen) atoms. The molecule has 3 aromatic heterocycles. The number of aromatic nitrogens is 6. The number of carboxylic acid groups (broad SMARTS) is 1. The maximum atomic E-state index is 12.8. The van der Waals surface area contributed by atoms with Crippen LogP contribution < -0.4 is 10.6 Å². The molecule has 0 saturated carbocycles. The second-order valence-electron chi connectivity index (χ2n) is 9.99. The number of aromatic carboxylic acids is 1. The molecule has 5 atom stereocenters. The highest BCUT2D eigenvalue weighted by Crippen LogP contribution is 2.33. The Bertz CT molecular complexity index is 1600. The van der Waals surface area contributed by atoms with E-state index in [1.165, 1.54) is 40.1 Å². The summed E-state index contributed by atoms with van der Waals surface area (Å²) in [5.41, 5.74) is 1.75. The van der Waals surface area contributed by atoms with E-state index >= 15 is 0 Å². The topological polar surface area (TPSA) is 219 Å². The number of hydrogen-bond donors (Lipinski definition) is 6. The van der Waals surface area contributed by atoms with Crippen molar-refractivity contribution in [3.63, 3.8) is 0 Å². The minimum atomic E-state index is -1.35. The summed E-state index contributed by atoms with van der Waals surface area (Å²) in [5.74, 6) is -0.971. The molecule has 0 spiro atoms. The van der Waals surface area contributed by atoms with E-state index in [2.05, 4.69) is 30.7 Å². The molecule has 2 aliphatic heterocycles. The molecule has 5 heterocycles. The average Bonchev–Trinajstić information content (AvgIpc) is 3.80. The van der Waals surface area contributed by atoms with Gasteiger partial charge in [-0.3, -0.25) is 9.36 Å². The van der Waals surface area contributed by atoms with Crippen molar-refractivity contribution in [2.45, 2.75) is 43.5 Å². The summed E-state index contributed by atoms with van der Waals surface area (Å²) in [6.07, 6.45) is 0.256. The van der Waals surface area contributed by atoms with Gasteiger partial charge in [0, 0.05) is 19.3 Å². The van der Waals surface area contributed by atoms with E-state index in [9.17, 15) is 24.9 Å². The van der Waals surface area contributed by atoms with Crippen LogP contribution in [0, 0.1) is 0 Å². The lowest BCUT2D eigenvalue weighted by Crippen LogP contribution is -2.33. The molecule has 6 N–H and O–H groups in total. The van der Waals surface area contributed by atoms with Crippen molar-refractivity contribution in [2.24, 2.45) is 0 Å². The van der Waals surface area contributed by atoms with Crippen molar-refractivity contribution in [1.29, 1.82) is 0 Å². The van der Waals surface area contributed by atoms with E-state index in [0.717, 1.165) is 12.0 Å². The minimum Gasteiger partial charge on any atom is -0.478 e. The van der Waals surface area contributed by atoms with Crippen LogP contribution >= 0.6 is 0 Å². The average molecular weight is 581 g/mol. The number of amides is 1. The first kappa shape index (κ1) is 27.7. The highest BCUT2D eigenvalue weighted by Gasteiger charge is 2.44. The van der Waals surface area contributed by atoms with Gasteiger partial charge in [0.05, 0.1) is 42.9 Å². The molecule has 6 rings (SSSR count). The number of aliphatic hydroxyl groups is 3. The first-order valence-electron chi connectivity index (χ1n) is 13.2. The second-order valence-corrected chi connectivity index (χ2v) is 9.99. The lowest BCUT2D eigenvalue weighted by molar-refractivity contribution is -0.0511. The van der Waals surface area contributed by atoms with Gasteiger partial charge in [0.15, 0.2) is 23.2 Å². The Morgan fingerprint density at radius 3 is 2.60 bits per heavy atom. The summed E-state index contributed by atoms with van der Waals surface area (Å²) in [6.45, 7) is 0.758. The Kier molecular flexibility index (Phi) is 7.53. The number of carboxylic acids is 1. The molecular weight excluding hydrogens is 552 g/mol. The number of aliphatic hydroxyl groups excluding tert-OH is 3. The van der Waals surface area contributed by atoms with Crippen LogP contribution in [0.2, 0.25) is 0 Å². The van der Waals surface area contributed by atoms with Crippen LogP contribution in [-0.4, -0.2) is 106 Å². The monoisotopic (exact) mass is 580 g/mol. The molecule has 2 aliphatic rings. The minimum absolute atomic E-state index is 0.0291. The number of fused-ring (bicyclic) bond motifs is 1. The van der Waals surface area contributed by atoms with Crippen molar-refractivity contribution >= 4 is 28.9 Å². The zero-order valence-electron chi connectivity index (χ0n) is 22.1. The maximum Gasteiger partial charge on any atom is 0.335 e. The first-order valence-corrected chi connectivity index (χ1v) is 13.2. The lowest BCUT2D eigenvalue weighted by atomic mass is 10.1. The standard InChI is InChI=1S/C26H28N8O8/c35-10-17-19(36)20(37)24(42-17)33-12-28-18-21(30-16-5-6-41-11-16)31-26(32-22(18)33)34-9-15(8-29-34)23(38)27-7-13-1-3-14(4-2-13)25(39)40/h1-4,8-9,12,16-17,19-20,24,35-37H,5-7,10-11H2,(H,27,38)(H,39,40)(H,30,31,32)/t16-,17-,19-,20-,24-/m1/s1. The number of imidazole rings is 1. The second kappa shape index (κ2) is 11.4. The Balaban J connectivity index is 1.28.